The lowest BCUT2D eigenvalue weighted by atomic mass is 9.98. The van der Waals surface area contributed by atoms with E-state index in [0.717, 1.165) is 19.5 Å². The lowest BCUT2D eigenvalue weighted by Crippen LogP contribution is -2.33. The van der Waals surface area contributed by atoms with Crippen molar-refractivity contribution in [1.82, 2.24) is 4.90 Å². The molecule has 5 nitrogen and oxygen atoms in total. The molecule has 104 valence electrons. The molecule has 2 N–H and O–H groups in total. The molecule has 5 heteroatoms. The van der Waals surface area contributed by atoms with Gasteiger partial charge >= 0.3 is 0 Å². The van der Waals surface area contributed by atoms with E-state index >= 15 is 0 Å². The van der Waals surface area contributed by atoms with Crippen LogP contribution in [0.15, 0.2) is 0 Å². The monoisotopic (exact) mass is 256 g/mol. The molecule has 18 heavy (non-hydrogen) atoms. The Bertz CT molecular complexity index is 285. The van der Waals surface area contributed by atoms with Crippen LogP contribution < -0.4 is 5.73 Å². The Morgan fingerprint density at radius 3 is 2.83 bits per heavy atom. The number of nitrogens with zero attached hydrogens (tertiary/aromatic N) is 1. The van der Waals surface area contributed by atoms with Crippen molar-refractivity contribution >= 4 is 5.91 Å². The summed E-state index contributed by atoms with van der Waals surface area (Å²) in [6.07, 6.45) is 2.77. The molecule has 2 fully saturated rings. The Labute approximate surface area is 109 Å². The number of amides is 1. The maximum Gasteiger partial charge on any atom is 0.224 e. The zero-order valence-electron chi connectivity index (χ0n) is 11.1. The first kappa shape index (κ1) is 13.8. The summed E-state index contributed by atoms with van der Waals surface area (Å²) in [6, 6.07) is 0.297. The van der Waals surface area contributed by atoms with Crippen molar-refractivity contribution in [3.05, 3.63) is 0 Å². The fourth-order valence-electron chi connectivity index (χ4n) is 3.07. The summed E-state index contributed by atoms with van der Waals surface area (Å²) in [5, 5.41) is 0. The summed E-state index contributed by atoms with van der Waals surface area (Å²) in [4.78, 5) is 14.0. The topological polar surface area (TPSA) is 64.8 Å². The Morgan fingerprint density at radius 2 is 2.11 bits per heavy atom. The quantitative estimate of drug-likeness (QED) is 0.691. The van der Waals surface area contributed by atoms with Gasteiger partial charge in [0.25, 0.3) is 0 Å². The van der Waals surface area contributed by atoms with Crippen molar-refractivity contribution in [3.63, 3.8) is 0 Å². The Hall–Kier alpha value is -0.650. The molecular weight excluding hydrogens is 232 g/mol. The highest BCUT2D eigenvalue weighted by Crippen LogP contribution is 2.37. The summed E-state index contributed by atoms with van der Waals surface area (Å²) in [5.41, 5.74) is 6.06. The molecular formula is C13H24N2O3. The van der Waals surface area contributed by atoms with E-state index < -0.39 is 0 Å². The molecule has 0 aromatic rings. The number of hydrogen-bond acceptors (Lipinski definition) is 4. The minimum absolute atomic E-state index is 0.203. The van der Waals surface area contributed by atoms with Gasteiger partial charge in [0.1, 0.15) is 0 Å². The molecule has 1 aliphatic heterocycles. The number of rotatable bonds is 6. The van der Waals surface area contributed by atoms with E-state index in [9.17, 15) is 4.79 Å². The number of carbonyl (C=O) groups is 1. The number of likely N-dealkylation sites (tertiary alicyclic amines) is 1. The third-order valence-electron chi connectivity index (χ3n) is 4.16. The standard InChI is InChI=1S/C13H24N2O3/c1-17-6-7-18-5-4-13(16)15-8-10-2-3-12(14)11(10)9-15/h10-12H,2-9,14H2,1H3. The van der Waals surface area contributed by atoms with Gasteiger partial charge in [-0.25, -0.2) is 0 Å². The van der Waals surface area contributed by atoms with Crippen LogP contribution >= 0.6 is 0 Å². The highest BCUT2D eigenvalue weighted by atomic mass is 16.5. The van der Waals surface area contributed by atoms with Gasteiger partial charge in [0.05, 0.1) is 26.2 Å². The molecule has 1 amide bonds. The predicted molar refractivity (Wildman–Crippen MR) is 68.1 cm³/mol. The maximum absolute atomic E-state index is 12.0. The second kappa shape index (κ2) is 6.50. The second-order valence-electron chi connectivity index (χ2n) is 5.32. The summed E-state index contributed by atoms with van der Waals surface area (Å²) >= 11 is 0. The van der Waals surface area contributed by atoms with Gasteiger partial charge in [0.2, 0.25) is 5.91 Å². The van der Waals surface area contributed by atoms with Gasteiger partial charge in [-0.15, -0.1) is 0 Å². The highest BCUT2D eigenvalue weighted by Gasteiger charge is 2.42. The van der Waals surface area contributed by atoms with E-state index in [0.29, 0.717) is 44.1 Å². The van der Waals surface area contributed by atoms with Crippen molar-refractivity contribution in [2.45, 2.75) is 25.3 Å². The summed E-state index contributed by atoms with van der Waals surface area (Å²) in [5.74, 6) is 1.37. The van der Waals surface area contributed by atoms with Gasteiger partial charge < -0.3 is 20.1 Å². The largest absolute Gasteiger partial charge is 0.382 e. The van der Waals surface area contributed by atoms with E-state index in [1.54, 1.807) is 7.11 Å². The van der Waals surface area contributed by atoms with E-state index in [2.05, 4.69) is 0 Å². The molecule has 2 rings (SSSR count). The van der Waals surface area contributed by atoms with Crippen molar-refractivity contribution in [3.8, 4) is 0 Å². The SMILES string of the molecule is COCCOCCC(=O)N1CC2CCC(N)C2C1. The minimum Gasteiger partial charge on any atom is -0.382 e. The first-order chi connectivity index (χ1) is 8.72. The smallest absolute Gasteiger partial charge is 0.224 e. The number of carbonyl (C=O) groups excluding carboxylic acids is 1. The van der Waals surface area contributed by atoms with E-state index in [-0.39, 0.29) is 5.91 Å². The summed E-state index contributed by atoms with van der Waals surface area (Å²) in [7, 11) is 1.64. The van der Waals surface area contributed by atoms with Crippen LogP contribution in [0.1, 0.15) is 19.3 Å². The first-order valence-corrected chi connectivity index (χ1v) is 6.82. The molecule has 3 unspecified atom stereocenters. The number of hydrogen-bond donors (Lipinski definition) is 1. The fourth-order valence-corrected chi connectivity index (χ4v) is 3.07. The summed E-state index contributed by atoms with van der Waals surface area (Å²) < 4.78 is 10.2. The minimum atomic E-state index is 0.203. The summed E-state index contributed by atoms with van der Waals surface area (Å²) in [6.45, 7) is 3.37. The third kappa shape index (κ3) is 3.22. The van der Waals surface area contributed by atoms with Crippen LogP contribution in [0.2, 0.25) is 0 Å². The molecule has 0 radical (unpaired) electrons. The van der Waals surface area contributed by atoms with Crippen molar-refractivity contribution in [2.24, 2.45) is 17.6 Å². The molecule has 0 spiro atoms. The van der Waals surface area contributed by atoms with Crippen LogP contribution in [-0.2, 0) is 14.3 Å². The van der Waals surface area contributed by atoms with Crippen LogP contribution in [0, 0.1) is 11.8 Å². The predicted octanol–water partition coefficient (Wildman–Crippen LogP) is 0.235. The van der Waals surface area contributed by atoms with E-state index in [4.69, 9.17) is 15.2 Å². The second-order valence-corrected chi connectivity index (χ2v) is 5.32. The van der Waals surface area contributed by atoms with Crippen LogP contribution in [0.25, 0.3) is 0 Å². The zero-order chi connectivity index (χ0) is 13.0. The zero-order valence-corrected chi connectivity index (χ0v) is 11.1. The number of fused-ring (bicyclic) bond motifs is 1. The maximum atomic E-state index is 12.0. The molecule has 0 bridgehead atoms. The van der Waals surface area contributed by atoms with Crippen LogP contribution in [0.4, 0.5) is 0 Å². The number of methoxy groups -OCH3 is 1. The molecule has 1 saturated carbocycles. The average molecular weight is 256 g/mol. The number of nitrogens with two attached hydrogens (primary N) is 1. The molecule has 2 aliphatic rings. The van der Waals surface area contributed by atoms with E-state index in [1.165, 1.54) is 6.42 Å². The average Bonchev–Trinajstić information content (AvgIpc) is 2.92. The molecule has 1 saturated heterocycles. The van der Waals surface area contributed by atoms with Gasteiger partial charge in [-0.2, -0.15) is 0 Å². The van der Waals surface area contributed by atoms with Gasteiger partial charge in [0.15, 0.2) is 0 Å². The van der Waals surface area contributed by atoms with Crippen molar-refractivity contribution in [2.75, 3.05) is 40.0 Å². The molecule has 0 aromatic heterocycles. The van der Waals surface area contributed by atoms with Gasteiger partial charge in [0, 0.05) is 26.2 Å². The molecule has 1 heterocycles. The lowest BCUT2D eigenvalue weighted by molar-refractivity contribution is -0.131. The Balaban J connectivity index is 1.65. The highest BCUT2D eigenvalue weighted by molar-refractivity contribution is 5.76. The van der Waals surface area contributed by atoms with E-state index in [1.807, 2.05) is 4.90 Å². The molecule has 0 aromatic carbocycles. The first-order valence-electron chi connectivity index (χ1n) is 6.82. The van der Waals surface area contributed by atoms with Gasteiger partial charge in [-0.3, -0.25) is 4.79 Å². The lowest BCUT2D eigenvalue weighted by Gasteiger charge is -2.18. The molecule has 3 atom stereocenters. The Morgan fingerprint density at radius 1 is 1.28 bits per heavy atom. The van der Waals surface area contributed by atoms with Crippen molar-refractivity contribution < 1.29 is 14.3 Å². The molecule has 1 aliphatic carbocycles. The van der Waals surface area contributed by atoms with Gasteiger partial charge in [-0.1, -0.05) is 0 Å². The van der Waals surface area contributed by atoms with Gasteiger partial charge in [-0.05, 0) is 24.7 Å². The van der Waals surface area contributed by atoms with Crippen LogP contribution in [0.5, 0.6) is 0 Å². The van der Waals surface area contributed by atoms with Crippen LogP contribution in [0.3, 0.4) is 0 Å². The van der Waals surface area contributed by atoms with Crippen molar-refractivity contribution in [1.29, 1.82) is 0 Å². The Kier molecular flexibility index (Phi) is 4.97. The third-order valence-corrected chi connectivity index (χ3v) is 4.16. The normalized spacial score (nSPS) is 30.8. The fraction of sp³-hybridized carbons (Fsp3) is 0.923. The van der Waals surface area contributed by atoms with Crippen LogP contribution in [-0.4, -0.2) is 56.9 Å². The number of ether oxygens (including phenoxy) is 2.